The molecule has 0 fully saturated rings. The number of hydrogen-bond acceptors (Lipinski definition) is 3. The maximum atomic E-state index is 13.1. The first kappa shape index (κ1) is 12.3. The van der Waals surface area contributed by atoms with E-state index in [1.54, 1.807) is 17.4 Å². The van der Waals surface area contributed by atoms with Gasteiger partial charge in [0.2, 0.25) is 0 Å². The quantitative estimate of drug-likeness (QED) is 0.564. The van der Waals surface area contributed by atoms with Crippen molar-refractivity contribution in [2.24, 2.45) is 0 Å². The van der Waals surface area contributed by atoms with E-state index in [2.05, 4.69) is 16.0 Å². The second kappa shape index (κ2) is 5.00. The zero-order valence-corrected chi connectivity index (χ0v) is 11.7. The third-order valence-corrected chi connectivity index (χ3v) is 3.17. The van der Waals surface area contributed by atoms with Crippen LogP contribution in [0, 0.1) is 11.9 Å². The minimum atomic E-state index is -0.280. The molecule has 17 heavy (non-hydrogen) atoms. The fourth-order valence-electron chi connectivity index (χ4n) is 1.56. The van der Waals surface area contributed by atoms with Gasteiger partial charge < -0.3 is 0 Å². The largest absolute Gasteiger partial charge is 0.284 e. The van der Waals surface area contributed by atoms with Gasteiger partial charge in [-0.3, -0.25) is 4.98 Å². The first-order valence-electron chi connectivity index (χ1n) is 4.70. The van der Waals surface area contributed by atoms with E-state index in [4.69, 9.17) is 0 Å². The topological polar surface area (TPSA) is 25.8 Å². The molecule has 0 atom stereocenters. The summed E-state index contributed by atoms with van der Waals surface area (Å²) in [7, 11) is 0. The third-order valence-electron chi connectivity index (χ3n) is 2.26. The number of rotatable bonds is 1. The second-order valence-electron chi connectivity index (χ2n) is 3.28. The standard InChI is InChI=1S/C12H6FN2S.Ir/c13-9-3-1-2-8(6-9)11-12-10(4-5-16-12)14-7-15-11;/h1,3-7H;/q-1;. The second-order valence-corrected chi connectivity index (χ2v) is 4.19. The summed E-state index contributed by atoms with van der Waals surface area (Å²) >= 11 is 1.55. The van der Waals surface area contributed by atoms with Gasteiger partial charge in [-0.25, -0.2) is 9.37 Å². The van der Waals surface area contributed by atoms with Crippen LogP contribution < -0.4 is 0 Å². The molecular formula is C12H6FIrN2S-. The molecule has 2 aromatic heterocycles. The molecule has 1 aromatic carbocycles. The maximum Gasteiger partial charge on any atom is 0.106 e. The molecule has 1 radical (unpaired) electrons. The molecule has 0 aliphatic heterocycles. The van der Waals surface area contributed by atoms with Gasteiger partial charge in [-0.05, 0) is 11.4 Å². The Bertz CT molecular complexity index is 654. The van der Waals surface area contributed by atoms with E-state index < -0.39 is 0 Å². The molecular weight excluding hydrogens is 415 g/mol. The summed E-state index contributed by atoms with van der Waals surface area (Å²) in [5, 5.41) is 1.95. The number of thiophene rings is 1. The van der Waals surface area contributed by atoms with Crippen molar-refractivity contribution in [1.29, 1.82) is 0 Å². The molecule has 0 bridgehead atoms. The van der Waals surface area contributed by atoms with E-state index in [0.29, 0.717) is 5.56 Å². The van der Waals surface area contributed by atoms with Gasteiger partial charge in [-0.15, -0.1) is 29.8 Å². The summed E-state index contributed by atoms with van der Waals surface area (Å²) in [6.45, 7) is 0. The predicted molar refractivity (Wildman–Crippen MR) is 61.6 cm³/mol. The maximum absolute atomic E-state index is 13.1. The Balaban J connectivity index is 0.00000108. The van der Waals surface area contributed by atoms with Crippen molar-refractivity contribution in [3.8, 4) is 11.3 Å². The normalized spacial score (nSPS) is 10.2. The summed E-state index contributed by atoms with van der Waals surface area (Å²) in [6.07, 6.45) is 1.49. The first-order valence-corrected chi connectivity index (χ1v) is 5.58. The summed E-state index contributed by atoms with van der Waals surface area (Å²) in [6, 6.07) is 9.27. The summed E-state index contributed by atoms with van der Waals surface area (Å²) in [5.41, 5.74) is 2.28. The van der Waals surface area contributed by atoms with Crippen molar-refractivity contribution in [2.45, 2.75) is 0 Å². The molecule has 2 nitrogen and oxygen atoms in total. The summed E-state index contributed by atoms with van der Waals surface area (Å²) in [4.78, 5) is 8.33. The third kappa shape index (κ3) is 2.27. The number of aromatic nitrogens is 2. The fraction of sp³-hybridized carbons (Fsp3) is 0. The summed E-state index contributed by atoms with van der Waals surface area (Å²) < 4.78 is 14.1. The van der Waals surface area contributed by atoms with Crippen molar-refractivity contribution in [3.05, 3.63) is 47.9 Å². The van der Waals surface area contributed by atoms with Gasteiger partial charge in [0.1, 0.15) is 6.33 Å². The number of nitrogens with zero attached hydrogens (tertiary/aromatic N) is 2. The zero-order chi connectivity index (χ0) is 11.0. The van der Waals surface area contributed by atoms with Crippen molar-refractivity contribution in [3.63, 3.8) is 0 Å². The van der Waals surface area contributed by atoms with Crippen molar-refractivity contribution < 1.29 is 24.5 Å². The van der Waals surface area contributed by atoms with E-state index >= 15 is 0 Å². The molecule has 3 aromatic rings. The number of fused-ring (bicyclic) bond motifs is 1. The van der Waals surface area contributed by atoms with Gasteiger partial charge in [-0.2, -0.15) is 11.3 Å². The number of benzene rings is 1. The Morgan fingerprint density at radius 1 is 1.24 bits per heavy atom. The molecule has 87 valence electrons. The molecule has 0 saturated heterocycles. The van der Waals surface area contributed by atoms with Crippen molar-refractivity contribution >= 4 is 21.6 Å². The Kier molecular flexibility index (Phi) is 3.62. The molecule has 0 aliphatic rings. The van der Waals surface area contributed by atoms with E-state index in [-0.39, 0.29) is 25.9 Å². The molecule has 5 heteroatoms. The van der Waals surface area contributed by atoms with Crippen LogP contribution >= 0.6 is 11.3 Å². The van der Waals surface area contributed by atoms with E-state index in [0.717, 1.165) is 15.9 Å². The van der Waals surface area contributed by atoms with Crippen molar-refractivity contribution in [2.75, 3.05) is 0 Å². The predicted octanol–water partition coefficient (Wildman–Crippen LogP) is 3.30. The molecule has 0 aliphatic carbocycles. The Hall–Kier alpha value is -1.16. The molecule has 2 heterocycles. The van der Waals surface area contributed by atoms with Crippen molar-refractivity contribution in [1.82, 2.24) is 9.97 Å². The van der Waals surface area contributed by atoms with E-state index in [1.807, 2.05) is 11.4 Å². The van der Waals surface area contributed by atoms with Crippen LogP contribution in [0.15, 0.2) is 36.0 Å². The van der Waals surface area contributed by atoms with Gasteiger partial charge >= 0.3 is 0 Å². The SMILES string of the molecule is Fc1cc[c-]c(-c2ncnc3ccsc23)c1.[Ir]. The molecule has 3 rings (SSSR count). The fourth-order valence-corrected chi connectivity index (χ4v) is 2.40. The van der Waals surface area contributed by atoms with Gasteiger partial charge in [0.25, 0.3) is 0 Å². The monoisotopic (exact) mass is 422 g/mol. The average molecular weight is 421 g/mol. The number of halogens is 1. The van der Waals surface area contributed by atoms with Crippen LogP contribution in [0.5, 0.6) is 0 Å². The number of hydrogen-bond donors (Lipinski definition) is 0. The Morgan fingerprint density at radius 3 is 2.94 bits per heavy atom. The first-order chi connectivity index (χ1) is 7.84. The van der Waals surface area contributed by atoms with Crippen LogP contribution in [-0.2, 0) is 20.1 Å². The Morgan fingerprint density at radius 2 is 2.12 bits per heavy atom. The van der Waals surface area contributed by atoms with Crippen LogP contribution in [0.3, 0.4) is 0 Å². The molecule has 0 saturated carbocycles. The minimum absolute atomic E-state index is 0. The van der Waals surface area contributed by atoms with Crippen LogP contribution in [0.2, 0.25) is 0 Å². The van der Waals surface area contributed by atoms with Gasteiger partial charge in [0.15, 0.2) is 0 Å². The van der Waals surface area contributed by atoms with Crippen LogP contribution in [-0.4, -0.2) is 9.97 Å². The van der Waals surface area contributed by atoms with Gasteiger partial charge in [-0.1, -0.05) is 0 Å². The smallest absolute Gasteiger partial charge is 0.106 e. The van der Waals surface area contributed by atoms with Crippen LogP contribution in [0.1, 0.15) is 0 Å². The van der Waals surface area contributed by atoms with Gasteiger partial charge in [0.05, 0.1) is 5.52 Å². The Labute approximate surface area is 115 Å². The molecule has 0 N–H and O–H groups in total. The van der Waals surface area contributed by atoms with Gasteiger partial charge in [0, 0.05) is 36.3 Å². The average Bonchev–Trinajstić information content (AvgIpc) is 2.76. The van der Waals surface area contributed by atoms with Crippen LogP contribution in [0.4, 0.5) is 4.39 Å². The molecule has 0 spiro atoms. The zero-order valence-electron chi connectivity index (χ0n) is 8.48. The molecule has 0 amide bonds. The molecule has 0 unspecified atom stereocenters. The van der Waals surface area contributed by atoms with Crippen LogP contribution in [0.25, 0.3) is 21.5 Å². The minimum Gasteiger partial charge on any atom is -0.284 e. The van der Waals surface area contributed by atoms with E-state index in [1.165, 1.54) is 18.5 Å². The van der Waals surface area contributed by atoms with E-state index in [9.17, 15) is 4.39 Å². The summed E-state index contributed by atoms with van der Waals surface area (Å²) in [5.74, 6) is -0.280.